The smallest absolute Gasteiger partial charge is 0.164 e. The zero-order valence-electron chi connectivity index (χ0n) is 11.3. The highest BCUT2D eigenvalue weighted by molar-refractivity contribution is 5.38. The van der Waals surface area contributed by atoms with Crippen molar-refractivity contribution < 1.29 is 8.78 Å². The van der Waals surface area contributed by atoms with Crippen molar-refractivity contribution >= 4 is 0 Å². The maximum absolute atomic E-state index is 14.1. The van der Waals surface area contributed by atoms with Crippen LogP contribution in [0.25, 0.3) is 0 Å². The highest BCUT2D eigenvalue weighted by Gasteiger charge is 2.20. The summed E-state index contributed by atoms with van der Waals surface area (Å²) in [5.74, 6) is -1.55. The third-order valence-corrected chi connectivity index (χ3v) is 3.40. The van der Waals surface area contributed by atoms with Crippen LogP contribution in [0.2, 0.25) is 0 Å². The van der Waals surface area contributed by atoms with Gasteiger partial charge in [0.2, 0.25) is 0 Å². The number of halogens is 2. The molecule has 0 radical (unpaired) electrons. The predicted octanol–water partition coefficient (Wildman–Crippen LogP) is 3.89. The number of rotatable bonds is 3. The van der Waals surface area contributed by atoms with E-state index in [1.807, 2.05) is 31.2 Å². The molecule has 0 spiro atoms. The van der Waals surface area contributed by atoms with E-state index < -0.39 is 11.6 Å². The molecular weight excluding hydrogens is 244 g/mol. The van der Waals surface area contributed by atoms with E-state index in [9.17, 15) is 8.78 Å². The summed E-state index contributed by atoms with van der Waals surface area (Å²) in [4.78, 5) is 0. The van der Waals surface area contributed by atoms with Crippen LogP contribution >= 0.6 is 0 Å². The molecule has 0 aromatic heterocycles. The molecule has 0 aliphatic rings. The van der Waals surface area contributed by atoms with Crippen LogP contribution in [0.3, 0.4) is 0 Å². The minimum absolute atomic E-state index is 0.320. The van der Waals surface area contributed by atoms with Gasteiger partial charge in [-0.3, -0.25) is 0 Å². The van der Waals surface area contributed by atoms with E-state index >= 15 is 0 Å². The average molecular weight is 261 g/mol. The monoisotopic (exact) mass is 261 g/mol. The van der Waals surface area contributed by atoms with Crippen molar-refractivity contribution in [2.75, 3.05) is 7.05 Å². The summed E-state index contributed by atoms with van der Waals surface area (Å²) in [6.45, 7) is 3.52. The van der Waals surface area contributed by atoms with Crippen LogP contribution in [-0.2, 0) is 0 Å². The molecule has 1 N–H and O–H groups in total. The van der Waals surface area contributed by atoms with E-state index in [0.717, 1.165) is 11.1 Å². The van der Waals surface area contributed by atoms with Crippen molar-refractivity contribution in [2.24, 2.45) is 0 Å². The van der Waals surface area contributed by atoms with E-state index in [1.54, 1.807) is 26.1 Å². The number of hydrogen-bond acceptors (Lipinski definition) is 1. The van der Waals surface area contributed by atoms with Crippen LogP contribution in [0, 0.1) is 25.5 Å². The van der Waals surface area contributed by atoms with E-state index in [1.165, 1.54) is 0 Å². The van der Waals surface area contributed by atoms with Crippen LogP contribution in [0.5, 0.6) is 0 Å². The molecule has 0 saturated heterocycles. The Morgan fingerprint density at radius 3 is 2.16 bits per heavy atom. The number of nitrogens with one attached hydrogen (secondary N) is 1. The molecule has 1 unspecified atom stereocenters. The maximum atomic E-state index is 14.1. The van der Waals surface area contributed by atoms with Gasteiger partial charge in [0.15, 0.2) is 11.6 Å². The van der Waals surface area contributed by atoms with Gasteiger partial charge in [0.25, 0.3) is 0 Å². The minimum atomic E-state index is -0.775. The predicted molar refractivity (Wildman–Crippen MR) is 73.2 cm³/mol. The van der Waals surface area contributed by atoms with Crippen LogP contribution in [0.1, 0.15) is 28.3 Å². The quantitative estimate of drug-likeness (QED) is 0.883. The molecule has 2 aromatic carbocycles. The van der Waals surface area contributed by atoms with Gasteiger partial charge in [-0.05, 0) is 37.6 Å². The summed E-state index contributed by atoms with van der Waals surface area (Å²) in [5, 5.41) is 3.06. The van der Waals surface area contributed by atoms with Crippen LogP contribution in [0.4, 0.5) is 8.78 Å². The molecule has 19 heavy (non-hydrogen) atoms. The molecule has 100 valence electrons. The van der Waals surface area contributed by atoms with Gasteiger partial charge in [-0.25, -0.2) is 8.78 Å². The molecule has 2 aromatic rings. The Balaban J connectivity index is 2.55. The van der Waals surface area contributed by atoms with Crippen molar-refractivity contribution in [3.8, 4) is 0 Å². The van der Waals surface area contributed by atoms with E-state index in [-0.39, 0.29) is 6.04 Å². The molecule has 3 heteroatoms. The Labute approximate surface area is 112 Å². The fourth-order valence-corrected chi connectivity index (χ4v) is 2.27. The van der Waals surface area contributed by atoms with Gasteiger partial charge in [-0.2, -0.15) is 0 Å². The fourth-order valence-electron chi connectivity index (χ4n) is 2.27. The Kier molecular flexibility index (Phi) is 3.96. The topological polar surface area (TPSA) is 12.0 Å². The van der Waals surface area contributed by atoms with Gasteiger partial charge in [0, 0.05) is 5.56 Å². The largest absolute Gasteiger partial charge is 0.309 e. The third kappa shape index (κ3) is 2.51. The van der Waals surface area contributed by atoms with Crippen molar-refractivity contribution in [1.82, 2.24) is 5.32 Å². The van der Waals surface area contributed by atoms with Crippen molar-refractivity contribution in [3.63, 3.8) is 0 Å². The van der Waals surface area contributed by atoms with E-state index in [4.69, 9.17) is 0 Å². The first kappa shape index (κ1) is 13.7. The summed E-state index contributed by atoms with van der Waals surface area (Å²) in [6, 6.07) is 10.6. The molecule has 1 nitrogen and oxygen atoms in total. The second-order valence-electron chi connectivity index (χ2n) is 4.68. The van der Waals surface area contributed by atoms with Crippen molar-refractivity contribution in [3.05, 3.63) is 70.3 Å². The summed E-state index contributed by atoms with van der Waals surface area (Å²) >= 11 is 0. The Morgan fingerprint density at radius 1 is 0.842 bits per heavy atom. The molecule has 1 atom stereocenters. The van der Waals surface area contributed by atoms with E-state index in [0.29, 0.717) is 11.1 Å². The lowest BCUT2D eigenvalue weighted by atomic mass is 9.94. The third-order valence-electron chi connectivity index (χ3n) is 3.40. The lowest BCUT2D eigenvalue weighted by molar-refractivity contribution is 0.482. The van der Waals surface area contributed by atoms with Crippen LogP contribution < -0.4 is 5.32 Å². The van der Waals surface area contributed by atoms with Crippen LogP contribution in [0.15, 0.2) is 36.4 Å². The first-order chi connectivity index (χ1) is 9.06. The second kappa shape index (κ2) is 5.49. The van der Waals surface area contributed by atoms with E-state index in [2.05, 4.69) is 5.32 Å². The first-order valence-corrected chi connectivity index (χ1v) is 6.23. The van der Waals surface area contributed by atoms with Gasteiger partial charge in [0.05, 0.1) is 6.04 Å². The minimum Gasteiger partial charge on any atom is -0.309 e. The SMILES string of the molecule is CNC(c1ccccc1C)c1ccc(C)c(F)c1F. The molecule has 0 aliphatic heterocycles. The van der Waals surface area contributed by atoms with Gasteiger partial charge >= 0.3 is 0 Å². The number of aryl methyl sites for hydroxylation is 2. The first-order valence-electron chi connectivity index (χ1n) is 6.23. The lowest BCUT2D eigenvalue weighted by Crippen LogP contribution is -2.20. The van der Waals surface area contributed by atoms with Crippen LogP contribution in [-0.4, -0.2) is 7.05 Å². The summed E-state index contributed by atoms with van der Waals surface area (Å²) in [7, 11) is 1.74. The zero-order chi connectivity index (χ0) is 14.0. The standard InChI is InChI=1S/C16H17F2N/c1-10-6-4-5-7-12(10)16(19-3)13-9-8-11(2)14(17)15(13)18/h4-9,16,19H,1-3H3. The summed E-state index contributed by atoms with van der Waals surface area (Å²) in [6.07, 6.45) is 0. The molecule has 0 saturated carbocycles. The fraction of sp³-hybridized carbons (Fsp3) is 0.250. The van der Waals surface area contributed by atoms with Gasteiger partial charge in [-0.15, -0.1) is 0 Å². The van der Waals surface area contributed by atoms with Crippen molar-refractivity contribution in [2.45, 2.75) is 19.9 Å². The molecular formula is C16H17F2N. The lowest BCUT2D eigenvalue weighted by Gasteiger charge is -2.20. The molecule has 0 aliphatic carbocycles. The maximum Gasteiger partial charge on any atom is 0.164 e. The molecule has 2 rings (SSSR count). The number of hydrogen-bond donors (Lipinski definition) is 1. The van der Waals surface area contributed by atoms with Gasteiger partial charge < -0.3 is 5.32 Å². The average Bonchev–Trinajstić information content (AvgIpc) is 2.41. The van der Waals surface area contributed by atoms with Gasteiger partial charge in [-0.1, -0.05) is 36.4 Å². The Morgan fingerprint density at radius 2 is 1.53 bits per heavy atom. The van der Waals surface area contributed by atoms with Crippen molar-refractivity contribution in [1.29, 1.82) is 0 Å². The Bertz CT molecular complexity index is 593. The van der Waals surface area contributed by atoms with Gasteiger partial charge in [0.1, 0.15) is 0 Å². The number of benzene rings is 2. The molecule has 0 heterocycles. The summed E-state index contributed by atoms with van der Waals surface area (Å²) < 4.78 is 27.8. The Hall–Kier alpha value is -1.74. The zero-order valence-corrected chi connectivity index (χ0v) is 11.3. The second-order valence-corrected chi connectivity index (χ2v) is 4.68. The highest BCUT2D eigenvalue weighted by atomic mass is 19.2. The highest BCUT2D eigenvalue weighted by Crippen LogP contribution is 2.28. The molecule has 0 fully saturated rings. The molecule has 0 amide bonds. The molecule has 0 bridgehead atoms. The summed E-state index contributed by atoms with van der Waals surface area (Å²) in [5.41, 5.74) is 2.65. The normalized spacial score (nSPS) is 12.5.